The highest BCUT2D eigenvalue weighted by atomic mass is 15.0. The zero-order chi connectivity index (χ0) is 33.0. The van der Waals surface area contributed by atoms with Crippen LogP contribution < -0.4 is 0 Å². The predicted molar refractivity (Wildman–Crippen MR) is 204 cm³/mol. The van der Waals surface area contributed by atoms with Gasteiger partial charge in [0.05, 0.1) is 0 Å². The predicted octanol–water partition coefficient (Wildman–Crippen LogP) is 10.6. The number of pyridine rings is 1. The minimum atomic E-state index is 0.240. The van der Waals surface area contributed by atoms with E-state index in [4.69, 9.17) is 19.9 Å². The number of allylic oxidation sites excluding steroid dienone is 10. The van der Waals surface area contributed by atoms with E-state index < -0.39 is 0 Å². The highest BCUT2D eigenvalue weighted by molar-refractivity contribution is 6.13. The highest BCUT2D eigenvalue weighted by Crippen LogP contribution is 2.43. The van der Waals surface area contributed by atoms with Crippen molar-refractivity contribution in [2.75, 3.05) is 0 Å². The molecule has 0 bridgehead atoms. The molecule has 4 heteroatoms. The topological polar surface area (TPSA) is 51.6 Å². The highest BCUT2D eigenvalue weighted by Gasteiger charge is 2.30. The van der Waals surface area contributed by atoms with Crippen LogP contribution in [-0.4, -0.2) is 19.9 Å². The Kier molecular flexibility index (Phi) is 6.87. The monoisotopic (exact) mass is 642 g/mol. The summed E-state index contributed by atoms with van der Waals surface area (Å²) >= 11 is 0. The first kappa shape index (κ1) is 29.0. The molecule has 0 aliphatic heterocycles. The molecule has 3 unspecified atom stereocenters. The van der Waals surface area contributed by atoms with E-state index in [9.17, 15) is 0 Å². The number of benzene rings is 4. The second kappa shape index (κ2) is 11.9. The molecule has 0 N–H and O–H groups in total. The second-order valence-corrected chi connectivity index (χ2v) is 13.6. The van der Waals surface area contributed by atoms with Crippen LogP contribution in [0.25, 0.3) is 50.2 Å². The van der Waals surface area contributed by atoms with Crippen molar-refractivity contribution in [2.45, 2.75) is 31.1 Å². The van der Waals surface area contributed by atoms with Crippen molar-refractivity contribution >= 4 is 38.8 Å². The van der Waals surface area contributed by atoms with Crippen molar-refractivity contribution in [1.29, 1.82) is 0 Å². The zero-order valence-corrected chi connectivity index (χ0v) is 27.6. The Morgan fingerprint density at radius 1 is 0.660 bits per heavy atom. The number of rotatable bonds is 4. The van der Waals surface area contributed by atoms with Crippen molar-refractivity contribution in [2.24, 2.45) is 5.92 Å². The quantitative estimate of drug-likeness (QED) is 0.180. The summed E-state index contributed by atoms with van der Waals surface area (Å²) in [5, 5.41) is 4.72. The molecule has 4 aromatic carbocycles. The third-order valence-corrected chi connectivity index (χ3v) is 10.7. The van der Waals surface area contributed by atoms with Gasteiger partial charge >= 0.3 is 0 Å². The Balaban J connectivity index is 1.13. The van der Waals surface area contributed by atoms with Crippen molar-refractivity contribution in [1.82, 2.24) is 19.9 Å². The van der Waals surface area contributed by atoms with E-state index in [1.54, 1.807) is 0 Å². The van der Waals surface area contributed by atoms with E-state index in [1.807, 2.05) is 0 Å². The molecule has 0 spiro atoms. The summed E-state index contributed by atoms with van der Waals surface area (Å²) in [7, 11) is 0. The Hall–Kier alpha value is -6.00. The summed E-state index contributed by atoms with van der Waals surface area (Å²) in [6, 6.07) is 30.4. The normalized spacial score (nSPS) is 20.3. The van der Waals surface area contributed by atoms with E-state index >= 15 is 0 Å². The number of fused-ring (bicyclic) bond motifs is 7. The van der Waals surface area contributed by atoms with Gasteiger partial charge in [-0.3, -0.25) is 4.98 Å². The maximum absolute atomic E-state index is 5.32. The number of aryl methyl sites for hydroxylation is 1. The molecule has 0 saturated carbocycles. The van der Waals surface area contributed by atoms with Gasteiger partial charge in [-0.05, 0) is 75.2 Å². The molecule has 50 heavy (non-hydrogen) atoms. The second-order valence-electron chi connectivity index (χ2n) is 13.6. The van der Waals surface area contributed by atoms with Gasteiger partial charge in [-0.2, -0.15) is 0 Å². The van der Waals surface area contributed by atoms with E-state index in [-0.39, 0.29) is 11.8 Å². The van der Waals surface area contributed by atoms with Gasteiger partial charge in [0.15, 0.2) is 17.5 Å². The lowest BCUT2D eigenvalue weighted by molar-refractivity contribution is 0.687. The molecule has 2 aromatic heterocycles. The van der Waals surface area contributed by atoms with Gasteiger partial charge in [0.2, 0.25) is 0 Å². The Labute approximate surface area is 291 Å². The van der Waals surface area contributed by atoms with Crippen LogP contribution in [0.3, 0.4) is 0 Å². The van der Waals surface area contributed by atoms with Crippen LogP contribution in [0.5, 0.6) is 0 Å². The molecule has 238 valence electrons. The fourth-order valence-electron chi connectivity index (χ4n) is 8.14. The van der Waals surface area contributed by atoms with Crippen LogP contribution in [0, 0.1) is 5.92 Å². The van der Waals surface area contributed by atoms with E-state index in [0.717, 1.165) is 41.4 Å². The minimum Gasteiger partial charge on any atom is -0.260 e. The molecule has 4 aliphatic rings. The summed E-state index contributed by atoms with van der Waals surface area (Å²) < 4.78 is 0. The van der Waals surface area contributed by atoms with Gasteiger partial charge in [0.25, 0.3) is 0 Å². The summed E-state index contributed by atoms with van der Waals surface area (Å²) in [6.45, 7) is 0. The fourth-order valence-corrected chi connectivity index (χ4v) is 8.14. The van der Waals surface area contributed by atoms with Crippen LogP contribution >= 0.6 is 0 Å². The smallest absolute Gasteiger partial charge is 0.164 e. The van der Waals surface area contributed by atoms with Gasteiger partial charge in [-0.25, -0.2) is 15.0 Å². The molecule has 0 radical (unpaired) electrons. The first-order valence-electron chi connectivity index (χ1n) is 17.6. The van der Waals surface area contributed by atoms with E-state index in [0.29, 0.717) is 23.4 Å². The number of hydrogen-bond acceptors (Lipinski definition) is 4. The lowest BCUT2D eigenvalue weighted by atomic mass is 9.74. The first-order chi connectivity index (χ1) is 24.8. The Bertz CT molecular complexity index is 2550. The molecular formula is C46H34N4. The van der Waals surface area contributed by atoms with Crippen molar-refractivity contribution in [3.8, 4) is 11.4 Å². The van der Waals surface area contributed by atoms with Gasteiger partial charge in [0, 0.05) is 46.4 Å². The number of nitrogens with zero attached hydrogens (tertiary/aromatic N) is 4. The van der Waals surface area contributed by atoms with Gasteiger partial charge < -0.3 is 0 Å². The molecule has 6 aromatic rings. The van der Waals surface area contributed by atoms with Crippen LogP contribution in [0.2, 0.25) is 0 Å². The van der Waals surface area contributed by atoms with Gasteiger partial charge in [-0.15, -0.1) is 0 Å². The van der Waals surface area contributed by atoms with Crippen LogP contribution in [0.4, 0.5) is 0 Å². The first-order valence-corrected chi connectivity index (χ1v) is 17.6. The molecule has 0 fully saturated rings. The molecule has 4 nitrogen and oxygen atoms in total. The van der Waals surface area contributed by atoms with Gasteiger partial charge in [0.1, 0.15) is 0 Å². The molecule has 4 aliphatic carbocycles. The SMILES string of the molecule is C1=CC2C=C(c3nc(C4=CCC(c5cnc6c(c5)C=CCC6)C=C4)nc(-c4cc5ccccc5c5ccccc45)n3)c3ccccc3C2C=C1. The Morgan fingerprint density at radius 2 is 1.46 bits per heavy atom. The van der Waals surface area contributed by atoms with Crippen molar-refractivity contribution < 1.29 is 0 Å². The lowest BCUT2D eigenvalue weighted by Gasteiger charge is -2.30. The molecule has 10 rings (SSSR count). The molecule has 3 atom stereocenters. The zero-order valence-electron chi connectivity index (χ0n) is 27.6. The summed E-state index contributed by atoms with van der Waals surface area (Å²) in [6.07, 6.45) is 27.5. The van der Waals surface area contributed by atoms with Crippen LogP contribution in [-0.2, 0) is 6.42 Å². The standard InChI is InChI=1S/C46H34N4/c1-4-14-35-31(11-1)26-41(39-18-8-6-16-37(35)39)45-48-44(30-23-21-29(22-24-30)34-25-33-13-3-10-20-43(33)47-28-34)49-46(50-45)42-27-32-12-2-5-15-36(32)38-17-7-9-19-40(38)42/h1-9,11-19,21,23-29,31,35H,10,20,22H2. The summed E-state index contributed by atoms with van der Waals surface area (Å²) in [5.74, 6) is 2.90. The maximum atomic E-state index is 5.32. The average Bonchev–Trinajstić information content (AvgIpc) is 3.20. The summed E-state index contributed by atoms with van der Waals surface area (Å²) in [4.78, 5) is 20.7. The van der Waals surface area contributed by atoms with E-state index in [1.165, 1.54) is 44.1 Å². The third kappa shape index (κ3) is 4.90. The fraction of sp³-hybridized carbons (Fsp3) is 0.130. The number of hydrogen-bond donors (Lipinski definition) is 0. The average molecular weight is 643 g/mol. The summed E-state index contributed by atoms with van der Waals surface area (Å²) in [5.41, 5.74) is 9.27. The molecular weight excluding hydrogens is 609 g/mol. The van der Waals surface area contributed by atoms with Gasteiger partial charge in [-0.1, -0.05) is 134 Å². The van der Waals surface area contributed by atoms with Crippen LogP contribution in [0.15, 0.2) is 146 Å². The number of aromatic nitrogens is 4. The molecule has 0 amide bonds. The largest absolute Gasteiger partial charge is 0.260 e. The molecule has 2 heterocycles. The third-order valence-electron chi connectivity index (χ3n) is 10.7. The Morgan fingerprint density at radius 3 is 2.38 bits per heavy atom. The van der Waals surface area contributed by atoms with Crippen LogP contribution in [0.1, 0.15) is 64.3 Å². The lowest BCUT2D eigenvalue weighted by Crippen LogP contribution is -2.17. The minimum absolute atomic E-state index is 0.240. The van der Waals surface area contributed by atoms with E-state index in [2.05, 4.69) is 152 Å². The van der Waals surface area contributed by atoms with Crippen molar-refractivity contribution in [3.63, 3.8) is 0 Å². The van der Waals surface area contributed by atoms with Crippen molar-refractivity contribution in [3.05, 3.63) is 185 Å². The molecule has 0 saturated heterocycles. The maximum Gasteiger partial charge on any atom is 0.164 e.